The highest BCUT2D eigenvalue weighted by molar-refractivity contribution is 7.98. The summed E-state index contributed by atoms with van der Waals surface area (Å²) in [5, 5.41) is 0. The van der Waals surface area contributed by atoms with Gasteiger partial charge in [-0.25, -0.2) is 8.42 Å². The van der Waals surface area contributed by atoms with Gasteiger partial charge >= 0.3 is 0 Å². The highest BCUT2D eigenvalue weighted by atomic mass is 32.2. The smallest absolute Gasteiger partial charge is 0.261 e. The summed E-state index contributed by atoms with van der Waals surface area (Å²) < 4.78 is 32.1. The molecule has 0 atom stereocenters. The molecule has 2 rings (SSSR count). The van der Waals surface area contributed by atoms with Crippen molar-refractivity contribution in [3.63, 3.8) is 0 Å². The zero-order valence-electron chi connectivity index (χ0n) is 11.2. The van der Waals surface area contributed by atoms with E-state index < -0.39 is 10.0 Å². The number of nitrogens with one attached hydrogen (secondary N) is 1. The van der Waals surface area contributed by atoms with Crippen molar-refractivity contribution < 1.29 is 13.2 Å². The molecule has 0 unspecified atom stereocenters. The molecule has 0 fully saturated rings. The highest BCUT2D eigenvalue weighted by Crippen LogP contribution is 2.22. The topological polar surface area (TPSA) is 55.4 Å². The van der Waals surface area contributed by atoms with Gasteiger partial charge in [-0.15, -0.1) is 11.8 Å². The predicted molar refractivity (Wildman–Crippen MR) is 82.0 cm³/mol. The molecule has 0 bridgehead atoms. The predicted octanol–water partition coefficient (Wildman–Crippen LogP) is 3.22. The van der Waals surface area contributed by atoms with Crippen LogP contribution in [0.4, 0.5) is 5.69 Å². The summed E-state index contributed by atoms with van der Waals surface area (Å²) in [7, 11) is -2.04. The van der Waals surface area contributed by atoms with Gasteiger partial charge in [-0.05, 0) is 48.7 Å². The van der Waals surface area contributed by atoms with Crippen LogP contribution in [0.25, 0.3) is 0 Å². The van der Waals surface area contributed by atoms with Crippen LogP contribution in [0.3, 0.4) is 0 Å². The quantitative estimate of drug-likeness (QED) is 0.862. The van der Waals surface area contributed by atoms with Gasteiger partial charge < -0.3 is 4.74 Å². The Balaban J connectivity index is 2.25. The van der Waals surface area contributed by atoms with Crippen LogP contribution in [0.1, 0.15) is 0 Å². The Morgan fingerprint density at radius 1 is 1.10 bits per heavy atom. The molecule has 6 heteroatoms. The third kappa shape index (κ3) is 3.46. The van der Waals surface area contributed by atoms with Crippen molar-refractivity contribution in [3.05, 3.63) is 48.5 Å². The molecule has 0 radical (unpaired) electrons. The van der Waals surface area contributed by atoms with Gasteiger partial charge in [0, 0.05) is 10.6 Å². The first-order valence-electron chi connectivity index (χ1n) is 5.86. The van der Waals surface area contributed by atoms with Crippen molar-refractivity contribution in [2.24, 2.45) is 0 Å². The number of anilines is 1. The molecule has 0 aliphatic heterocycles. The standard InChI is InChI=1S/C14H15NO3S2/c1-18-12-6-8-14(9-7-12)20(16,17)15-11-4-3-5-13(10-11)19-2/h3-10,15H,1-2H3. The van der Waals surface area contributed by atoms with Crippen LogP contribution < -0.4 is 9.46 Å². The highest BCUT2D eigenvalue weighted by Gasteiger charge is 2.14. The summed E-state index contributed by atoms with van der Waals surface area (Å²) in [4.78, 5) is 1.20. The van der Waals surface area contributed by atoms with Crippen molar-refractivity contribution in [2.75, 3.05) is 18.1 Å². The molecule has 1 N–H and O–H groups in total. The van der Waals surface area contributed by atoms with E-state index in [-0.39, 0.29) is 4.90 Å². The van der Waals surface area contributed by atoms with Crippen LogP contribution in [0.2, 0.25) is 0 Å². The van der Waals surface area contributed by atoms with Gasteiger partial charge in [-0.2, -0.15) is 0 Å². The van der Waals surface area contributed by atoms with Crippen LogP contribution in [-0.2, 0) is 10.0 Å². The third-order valence-corrected chi connectivity index (χ3v) is 4.81. The first-order valence-corrected chi connectivity index (χ1v) is 8.57. The molecule has 0 amide bonds. The maximum absolute atomic E-state index is 12.2. The normalized spacial score (nSPS) is 11.1. The molecule has 20 heavy (non-hydrogen) atoms. The first-order chi connectivity index (χ1) is 9.55. The second-order valence-electron chi connectivity index (χ2n) is 4.01. The van der Waals surface area contributed by atoms with Gasteiger partial charge in [0.05, 0.1) is 12.0 Å². The Morgan fingerprint density at radius 2 is 1.80 bits per heavy atom. The minimum absolute atomic E-state index is 0.202. The first kappa shape index (κ1) is 14.7. The Hall–Kier alpha value is -1.66. The minimum Gasteiger partial charge on any atom is -0.497 e. The Labute approximate surface area is 123 Å². The number of rotatable bonds is 5. The minimum atomic E-state index is -3.58. The lowest BCUT2D eigenvalue weighted by molar-refractivity contribution is 0.414. The Morgan fingerprint density at radius 3 is 2.40 bits per heavy atom. The maximum Gasteiger partial charge on any atom is 0.261 e. The average molecular weight is 309 g/mol. The summed E-state index contributed by atoms with van der Waals surface area (Å²) in [6.07, 6.45) is 1.94. The van der Waals surface area contributed by atoms with Crippen molar-refractivity contribution in [2.45, 2.75) is 9.79 Å². The van der Waals surface area contributed by atoms with Crippen molar-refractivity contribution in [3.8, 4) is 5.75 Å². The molecular weight excluding hydrogens is 294 g/mol. The van der Waals surface area contributed by atoms with E-state index in [1.54, 1.807) is 36.0 Å². The van der Waals surface area contributed by atoms with Crippen molar-refractivity contribution in [1.82, 2.24) is 0 Å². The molecule has 106 valence electrons. The van der Waals surface area contributed by atoms with Crippen LogP contribution in [-0.4, -0.2) is 21.8 Å². The fourth-order valence-electron chi connectivity index (χ4n) is 1.66. The molecule has 4 nitrogen and oxygen atoms in total. The van der Waals surface area contributed by atoms with Crippen molar-refractivity contribution >= 4 is 27.5 Å². The molecule has 0 aliphatic carbocycles. The summed E-state index contributed by atoms with van der Waals surface area (Å²) in [6.45, 7) is 0. The van der Waals surface area contributed by atoms with E-state index in [2.05, 4.69) is 4.72 Å². The monoisotopic (exact) mass is 309 g/mol. The van der Waals surface area contributed by atoms with Gasteiger partial charge in [0.1, 0.15) is 5.75 Å². The number of benzene rings is 2. The third-order valence-electron chi connectivity index (χ3n) is 2.69. The van der Waals surface area contributed by atoms with E-state index in [4.69, 9.17) is 4.74 Å². The fourth-order valence-corrected chi connectivity index (χ4v) is 3.16. The fraction of sp³-hybridized carbons (Fsp3) is 0.143. The molecule has 0 aromatic heterocycles. The molecule has 0 aliphatic rings. The molecule has 0 spiro atoms. The van der Waals surface area contributed by atoms with E-state index in [0.29, 0.717) is 11.4 Å². The van der Waals surface area contributed by atoms with E-state index in [1.165, 1.54) is 19.2 Å². The number of methoxy groups -OCH3 is 1. The van der Waals surface area contributed by atoms with Crippen LogP contribution in [0.5, 0.6) is 5.75 Å². The molecule has 0 saturated heterocycles. The average Bonchev–Trinajstić information content (AvgIpc) is 2.47. The maximum atomic E-state index is 12.2. The lowest BCUT2D eigenvalue weighted by atomic mass is 10.3. The molecular formula is C14H15NO3S2. The van der Waals surface area contributed by atoms with Crippen LogP contribution >= 0.6 is 11.8 Å². The molecule has 0 heterocycles. The lowest BCUT2D eigenvalue weighted by Crippen LogP contribution is -2.12. The van der Waals surface area contributed by atoms with Gasteiger partial charge in [0.25, 0.3) is 10.0 Å². The number of hydrogen-bond acceptors (Lipinski definition) is 4. The van der Waals surface area contributed by atoms with E-state index in [9.17, 15) is 8.42 Å². The number of thioether (sulfide) groups is 1. The molecule has 2 aromatic carbocycles. The SMILES string of the molecule is COc1ccc(S(=O)(=O)Nc2cccc(SC)c2)cc1. The molecule has 0 saturated carbocycles. The number of hydrogen-bond donors (Lipinski definition) is 1. The largest absolute Gasteiger partial charge is 0.497 e. The Bertz CT molecular complexity index is 682. The van der Waals surface area contributed by atoms with Gasteiger partial charge in [0.15, 0.2) is 0 Å². The second kappa shape index (κ2) is 6.19. The number of ether oxygens (including phenoxy) is 1. The Kier molecular flexibility index (Phi) is 4.57. The number of sulfonamides is 1. The van der Waals surface area contributed by atoms with Gasteiger partial charge in [-0.1, -0.05) is 6.07 Å². The lowest BCUT2D eigenvalue weighted by Gasteiger charge is -2.09. The van der Waals surface area contributed by atoms with Crippen LogP contribution in [0, 0.1) is 0 Å². The van der Waals surface area contributed by atoms with Gasteiger partial charge in [-0.3, -0.25) is 4.72 Å². The zero-order valence-corrected chi connectivity index (χ0v) is 12.8. The van der Waals surface area contributed by atoms with E-state index >= 15 is 0 Å². The van der Waals surface area contributed by atoms with Crippen LogP contribution in [0.15, 0.2) is 58.3 Å². The van der Waals surface area contributed by atoms with Gasteiger partial charge in [0.2, 0.25) is 0 Å². The summed E-state index contributed by atoms with van der Waals surface area (Å²) >= 11 is 1.56. The summed E-state index contributed by atoms with van der Waals surface area (Å²) in [5.74, 6) is 0.619. The van der Waals surface area contributed by atoms with E-state index in [0.717, 1.165) is 4.90 Å². The van der Waals surface area contributed by atoms with E-state index in [1.807, 2.05) is 18.4 Å². The summed E-state index contributed by atoms with van der Waals surface area (Å²) in [5.41, 5.74) is 0.549. The zero-order chi connectivity index (χ0) is 14.6. The van der Waals surface area contributed by atoms with Crippen molar-refractivity contribution in [1.29, 1.82) is 0 Å². The summed E-state index contributed by atoms with van der Waals surface area (Å²) in [6, 6.07) is 13.5. The molecule has 2 aromatic rings. The second-order valence-corrected chi connectivity index (χ2v) is 6.58.